The molecule has 27 heavy (non-hydrogen) atoms. The Bertz CT molecular complexity index is 752. The van der Waals surface area contributed by atoms with Crippen LogP contribution in [0, 0.1) is 11.6 Å². The van der Waals surface area contributed by atoms with Gasteiger partial charge in [0.1, 0.15) is 11.6 Å². The quantitative estimate of drug-likeness (QED) is 0.256. The van der Waals surface area contributed by atoms with Gasteiger partial charge < -0.3 is 20.5 Å². The summed E-state index contributed by atoms with van der Waals surface area (Å²) in [5.41, 5.74) is 7.39. The predicted molar refractivity (Wildman–Crippen MR) is 113 cm³/mol. The number of nitrogens with two attached hydrogens (primary N) is 1. The van der Waals surface area contributed by atoms with Crippen molar-refractivity contribution < 1.29 is 18.3 Å². The van der Waals surface area contributed by atoms with E-state index in [2.05, 4.69) is 10.3 Å². The lowest BCUT2D eigenvalue weighted by Gasteiger charge is -2.09. The molecule has 2 rings (SSSR count). The molecule has 0 fully saturated rings. The molecule has 0 saturated carbocycles. The van der Waals surface area contributed by atoms with Gasteiger partial charge >= 0.3 is 0 Å². The molecule has 0 amide bonds. The van der Waals surface area contributed by atoms with E-state index in [0.717, 1.165) is 11.6 Å². The fourth-order valence-corrected chi connectivity index (χ4v) is 2.48. The first-order chi connectivity index (χ1) is 12.5. The number of halogens is 3. The second-order valence-corrected chi connectivity index (χ2v) is 5.70. The Morgan fingerprint density at radius 3 is 2.30 bits per heavy atom. The van der Waals surface area contributed by atoms with Crippen molar-refractivity contribution in [2.24, 2.45) is 10.7 Å². The van der Waals surface area contributed by atoms with Crippen LogP contribution in [0.25, 0.3) is 0 Å². The molecule has 0 spiro atoms. The average Bonchev–Trinajstić information content (AvgIpc) is 2.62. The number of rotatable bonds is 8. The highest BCUT2D eigenvalue weighted by atomic mass is 127. The molecule has 0 heterocycles. The Labute approximate surface area is 175 Å². The number of hydrogen-bond donors (Lipinski definition) is 2. The minimum atomic E-state index is -0.566. The molecule has 0 aliphatic carbocycles. The molecule has 0 bridgehead atoms. The first-order valence-corrected chi connectivity index (χ1v) is 8.21. The van der Waals surface area contributed by atoms with Crippen LogP contribution in [0.1, 0.15) is 17.5 Å². The Morgan fingerprint density at radius 1 is 1.00 bits per heavy atom. The summed E-state index contributed by atoms with van der Waals surface area (Å²) in [7, 11) is 3.15. The van der Waals surface area contributed by atoms with Gasteiger partial charge in [-0.1, -0.05) is 6.07 Å². The number of guanidine groups is 1. The van der Waals surface area contributed by atoms with Crippen LogP contribution in [-0.2, 0) is 13.0 Å². The van der Waals surface area contributed by atoms with Gasteiger partial charge in [0.05, 0.1) is 20.8 Å². The lowest BCUT2D eigenvalue weighted by atomic mass is 10.1. The third-order valence-corrected chi connectivity index (χ3v) is 3.75. The highest BCUT2D eigenvalue weighted by Gasteiger charge is 2.04. The Balaban J connectivity index is 0.00000364. The molecule has 2 aromatic rings. The van der Waals surface area contributed by atoms with Gasteiger partial charge in [-0.2, -0.15) is 0 Å². The smallest absolute Gasteiger partial charge is 0.188 e. The van der Waals surface area contributed by atoms with E-state index >= 15 is 0 Å². The zero-order valence-electron chi connectivity index (χ0n) is 15.3. The molecule has 0 aliphatic rings. The zero-order valence-corrected chi connectivity index (χ0v) is 17.6. The van der Waals surface area contributed by atoms with Crippen molar-refractivity contribution in [1.29, 1.82) is 0 Å². The molecule has 0 atom stereocenters. The van der Waals surface area contributed by atoms with E-state index in [4.69, 9.17) is 15.2 Å². The number of aryl methyl sites for hydroxylation is 1. The molecule has 8 heteroatoms. The Kier molecular flexibility index (Phi) is 9.84. The van der Waals surface area contributed by atoms with Crippen molar-refractivity contribution in [2.45, 2.75) is 19.4 Å². The third-order valence-electron chi connectivity index (χ3n) is 3.75. The minimum absolute atomic E-state index is 0. The molecule has 0 unspecified atom stereocenters. The summed E-state index contributed by atoms with van der Waals surface area (Å²) in [6, 6.07) is 9.06. The summed E-state index contributed by atoms with van der Waals surface area (Å²) >= 11 is 0. The maximum Gasteiger partial charge on any atom is 0.188 e. The van der Waals surface area contributed by atoms with Crippen molar-refractivity contribution in [3.05, 3.63) is 59.2 Å². The SMILES string of the molecule is COc1ccc(CN=C(N)NCCCc2cc(F)cc(F)c2)cc1OC.I. The van der Waals surface area contributed by atoms with Crippen LogP contribution < -0.4 is 20.5 Å². The van der Waals surface area contributed by atoms with Crippen LogP contribution in [0.2, 0.25) is 0 Å². The first kappa shape index (κ1) is 22.9. The van der Waals surface area contributed by atoms with Crippen molar-refractivity contribution in [3.63, 3.8) is 0 Å². The highest BCUT2D eigenvalue weighted by molar-refractivity contribution is 14.0. The second-order valence-electron chi connectivity index (χ2n) is 5.70. The van der Waals surface area contributed by atoms with Crippen LogP contribution in [0.4, 0.5) is 8.78 Å². The number of hydrogen-bond acceptors (Lipinski definition) is 3. The number of benzene rings is 2. The van der Waals surface area contributed by atoms with Crippen molar-refractivity contribution in [3.8, 4) is 11.5 Å². The highest BCUT2D eigenvalue weighted by Crippen LogP contribution is 2.27. The van der Waals surface area contributed by atoms with Gasteiger partial charge in [-0.25, -0.2) is 13.8 Å². The van der Waals surface area contributed by atoms with Crippen LogP contribution in [0.3, 0.4) is 0 Å². The van der Waals surface area contributed by atoms with Crippen LogP contribution in [-0.4, -0.2) is 26.7 Å². The maximum absolute atomic E-state index is 13.1. The fourth-order valence-electron chi connectivity index (χ4n) is 2.48. The Hall–Kier alpha value is -2.10. The van der Waals surface area contributed by atoms with Crippen LogP contribution in [0.15, 0.2) is 41.4 Å². The molecule has 148 valence electrons. The van der Waals surface area contributed by atoms with Gasteiger partial charge in [0.15, 0.2) is 17.5 Å². The molecular formula is C19H24F2IN3O2. The monoisotopic (exact) mass is 491 g/mol. The van der Waals surface area contributed by atoms with Crippen LogP contribution in [0.5, 0.6) is 11.5 Å². The molecule has 3 N–H and O–H groups in total. The Morgan fingerprint density at radius 2 is 1.67 bits per heavy atom. The largest absolute Gasteiger partial charge is 0.493 e. The second kappa shape index (κ2) is 11.6. The normalized spacial score (nSPS) is 10.9. The third kappa shape index (κ3) is 7.58. The standard InChI is InChI=1S/C19H23F2N3O2.HI/c1-25-17-6-5-14(10-18(17)26-2)12-24-19(22)23-7-3-4-13-8-15(20)11-16(21)9-13;/h5-6,8-11H,3-4,7,12H2,1-2H3,(H3,22,23,24);1H. The van der Waals surface area contributed by atoms with Gasteiger partial charge in [-0.3, -0.25) is 0 Å². The van der Waals surface area contributed by atoms with Crippen molar-refractivity contribution in [2.75, 3.05) is 20.8 Å². The summed E-state index contributed by atoms with van der Waals surface area (Å²) in [5, 5.41) is 2.99. The number of nitrogens with zero attached hydrogens (tertiary/aromatic N) is 1. The summed E-state index contributed by atoms with van der Waals surface area (Å²) < 4.78 is 36.7. The van der Waals surface area contributed by atoms with Gasteiger partial charge in [-0.15, -0.1) is 24.0 Å². The summed E-state index contributed by atoms with van der Waals surface area (Å²) in [6.07, 6.45) is 1.22. The number of methoxy groups -OCH3 is 2. The van der Waals surface area contributed by atoms with Crippen LogP contribution >= 0.6 is 24.0 Å². The summed E-state index contributed by atoms with van der Waals surface area (Å²) in [5.74, 6) is 0.465. The average molecular weight is 491 g/mol. The van der Waals surface area contributed by atoms with Gasteiger partial charge in [0.25, 0.3) is 0 Å². The molecule has 0 aromatic heterocycles. The molecule has 5 nitrogen and oxygen atoms in total. The van der Waals surface area contributed by atoms with E-state index in [1.165, 1.54) is 12.1 Å². The van der Waals surface area contributed by atoms with E-state index in [1.807, 2.05) is 18.2 Å². The maximum atomic E-state index is 13.1. The topological polar surface area (TPSA) is 68.9 Å². The number of nitrogens with one attached hydrogen (secondary N) is 1. The molecule has 0 radical (unpaired) electrons. The first-order valence-electron chi connectivity index (χ1n) is 8.21. The molecular weight excluding hydrogens is 467 g/mol. The summed E-state index contributed by atoms with van der Waals surface area (Å²) in [6.45, 7) is 0.952. The molecule has 0 saturated heterocycles. The predicted octanol–water partition coefficient (Wildman–Crippen LogP) is 3.64. The zero-order chi connectivity index (χ0) is 18.9. The van der Waals surface area contributed by atoms with E-state index in [1.54, 1.807) is 14.2 Å². The number of aliphatic imine (C=N–C) groups is 1. The van der Waals surface area contributed by atoms with Gasteiger partial charge in [-0.05, 0) is 48.2 Å². The fraction of sp³-hybridized carbons (Fsp3) is 0.316. The van der Waals surface area contributed by atoms with E-state index in [-0.39, 0.29) is 24.0 Å². The van der Waals surface area contributed by atoms with Gasteiger partial charge in [0.2, 0.25) is 0 Å². The minimum Gasteiger partial charge on any atom is -0.493 e. The lowest BCUT2D eigenvalue weighted by molar-refractivity contribution is 0.354. The molecule has 2 aromatic carbocycles. The van der Waals surface area contributed by atoms with Crippen molar-refractivity contribution >= 4 is 29.9 Å². The number of ether oxygens (including phenoxy) is 2. The lowest BCUT2D eigenvalue weighted by Crippen LogP contribution is -2.32. The van der Waals surface area contributed by atoms with Crippen molar-refractivity contribution in [1.82, 2.24) is 5.32 Å². The van der Waals surface area contributed by atoms with E-state index < -0.39 is 11.6 Å². The van der Waals surface area contributed by atoms with E-state index in [9.17, 15) is 8.78 Å². The van der Waals surface area contributed by atoms with Gasteiger partial charge in [0, 0.05) is 12.6 Å². The molecule has 0 aliphatic heterocycles. The summed E-state index contributed by atoms with van der Waals surface area (Å²) in [4.78, 5) is 4.27. The van der Waals surface area contributed by atoms with E-state index in [0.29, 0.717) is 49.0 Å².